The Hall–Kier alpha value is -3.18. The van der Waals surface area contributed by atoms with Gasteiger partial charge in [-0.2, -0.15) is 0 Å². The third-order valence-corrected chi connectivity index (χ3v) is 8.10. The van der Waals surface area contributed by atoms with Crippen molar-refractivity contribution >= 4 is 23.6 Å². The molecule has 4 atom stereocenters. The number of hydrogen-bond acceptors (Lipinski definition) is 7. The lowest BCUT2D eigenvalue weighted by Gasteiger charge is -2.42. The lowest BCUT2D eigenvalue weighted by Crippen LogP contribution is -2.67. The fourth-order valence-corrected chi connectivity index (χ4v) is 5.75. The predicted molar refractivity (Wildman–Crippen MR) is 139 cm³/mol. The molecule has 0 radical (unpaired) electrons. The number of amides is 4. The van der Waals surface area contributed by atoms with Gasteiger partial charge in [0.25, 0.3) is 0 Å². The van der Waals surface area contributed by atoms with Crippen molar-refractivity contribution in [3.05, 3.63) is 30.3 Å². The minimum absolute atomic E-state index is 0.0336. The van der Waals surface area contributed by atoms with E-state index in [9.17, 15) is 19.2 Å². The van der Waals surface area contributed by atoms with E-state index in [0.717, 1.165) is 25.3 Å². The Labute approximate surface area is 223 Å². The van der Waals surface area contributed by atoms with Crippen LogP contribution in [0.3, 0.4) is 0 Å². The van der Waals surface area contributed by atoms with Gasteiger partial charge in [0.05, 0.1) is 25.2 Å². The van der Waals surface area contributed by atoms with Crippen molar-refractivity contribution in [3.8, 4) is 5.75 Å². The van der Waals surface area contributed by atoms with Crippen LogP contribution in [0.5, 0.6) is 5.75 Å². The second kappa shape index (κ2) is 11.3. The first-order valence-corrected chi connectivity index (χ1v) is 13.6. The van der Waals surface area contributed by atoms with E-state index in [1.807, 2.05) is 30.3 Å². The van der Waals surface area contributed by atoms with Gasteiger partial charge in [0.15, 0.2) is 0 Å². The summed E-state index contributed by atoms with van der Waals surface area (Å²) < 4.78 is 5.60. The van der Waals surface area contributed by atoms with E-state index in [1.165, 1.54) is 0 Å². The molecule has 5 rings (SSSR count). The molecule has 3 aliphatic heterocycles. The highest BCUT2D eigenvalue weighted by molar-refractivity contribution is 5.92. The maximum atomic E-state index is 13.1. The predicted octanol–water partition coefficient (Wildman–Crippen LogP) is -0.770. The summed E-state index contributed by atoms with van der Waals surface area (Å²) in [4.78, 5) is 54.5. The second-order valence-corrected chi connectivity index (χ2v) is 11.1. The number of hydrogen-bond donors (Lipinski definition) is 4. The van der Waals surface area contributed by atoms with Gasteiger partial charge in [-0.05, 0) is 36.8 Å². The molecule has 1 aliphatic carbocycles. The maximum absolute atomic E-state index is 13.1. The Morgan fingerprint density at radius 3 is 2.63 bits per heavy atom. The summed E-state index contributed by atoms with van der Waals surface area (Å²) in [5.74, 6) is 0.193. The average Bonchev–Trinajstić information content (AvgIpc) is 3.47. The monoisotopic (exact) mass is 526 g/mol. The molecule has 4 fully saturated rings. The summed E-state index contributed by atoms with van der Waals surface area (Å²) in [5, 5.41) is 12.2. The lowest BCUT2D eigenvalue weighted by atomic mass is 10.0. The van der Waals surface area contributed by atoms with Crippen LogP contribution in [0.2, 0.25) is 0 Å². The first-order chi connectivity index (χ1) is 18.3. The molecule has 0 unspecified atom stereocenters. The van der Waals surface area contributed by atoms with Crippen molar-refractivity contribution in [1.29, 1.82) is 0 Å². The Balaban J connectivity index is 1.04. The molecule has 0 aromatic heterocycles. The van der Waals surface area contributed by atoms with E-state index in [2.05, 4.69) is 28.2 Å². The van der Waals surface area contributed by atoms with Crippen LogP contribution in [0.1, 0.15) is 32.6 Å². The molecule has 4 amide bonds. The van der Waals surface area contributed by atoms with E-state index in [0.29, 0.717) is 39.1 Å². The molecule has 3 heterocycles. The smallest absolute Gasteiger partial charge is 0.243 e. The number of likely N-dealkylation sites (tertiary alicyclic amines) is 2. The number of carbonyl (C=O) groups excluding carboxylic acids is 4. The maximum Gasteiger partial charge on any atom is 0.243 e. The topological polar surface area (TPSA) is 132 Å². The van der Waals surface area contributed by atoms with Crippen LogP contribution < -0.4 is 26.0 Å². The number of piperazine rings is 1. The summed E-state index contributed by atoms with van der Waals surface area (Å²) in [7, 11) is 0. The molecule has 4 aliphatic rings. The molecule has 206 valence electrons. The van der Waals surface area contributed by atoms with E-state index in [4.69, 9.17) is 4.74 Å². The largest absolute Gasteiger partial charge is 0.494 e. The van der Waals surface area contributed by atoms with Gasteiger partial charge in [0, 0.05) is 45.2 Å². The number of nitrogens with one attached hydrogen (secondary N) is 4. The van der Waals surface area contributed by atoms with Crippen molar-refractivity contribution in [2.75, 3.05) is 45.9 Å². The minimum Gasteiger partial charge on any atom is -0.494 e. The highest BCUT2D eigenvalue weighted by Crippen LogP contribution is 2.59. The Morgan fingerprint density at radius 2 is 1.89 bits per heavy atom. The van der Waals surface area contributed by atoms with E-state index >= 15 is 0 Å². The number of ether oxygens (including phenoxy) is 1. The van der Waals surface area contributed by atoms with Crippen LogP contribution in [0.4, 0.5) is 0 Å². The average molecular weight is 527 g/mol. The van der Waals surface area contributed by atoms with Crippen molar-refractivity contribution in [2.45, 2.75) is 56.8 Å². The number of piperidine rings is 1. The molecule has 11 heteroatoms. The molecule has 3 saturated heterocycles. The fourth-order valence-electron chi connectivity index (χ4n) is 5.75. The van der Waals surface area contributed by atoms with Gasteiger partial charge in [-0.3, -0.25) is 19.2 Å². The second-order valence-electron chi connectivity index (χ2n) is 11.1. The van der Waals surface area contributed by atoms with Gasteiger partial charge in [0.1, 0.15) is 11.8 Å². The summed E-state index contributed by atoms with van der Waals surface area (Å²) in [6.45, 7) is 5.59. The zero-order valence-electron chi connectivity index (χ0n) is 21.9. The number of rotatable bonds is 10. The van der Waals surface area contributed by atoms with Crippen molar-refractivity contribution in [3.63, 3.8) is 0 Å². The number of para-hydroxylation sites is 1. The van der Waals surface area contributed by atoms with Crippen molar-refractivity contribution in [1.82, 2.24) is 31.1 Å². The van der Waals surface area contributed by atoms with Crippen molar-refractivity contribution < 1.29 is 23.9 Å². The van der Waals surface area contributed by atoms with Crippen LogP contribution in [-0.4, -0.2) is 103 Å². The van der Waals surface area contributed by atoms with Gasteiger partial charge < -0.3 is 35.8 Å². The molecular formula is C27H38N6O5. The first kappa shape index (κ1) is 26.4. The van der Waals surface area contributed by atoms with Crippen LogP contribution in [0.15, 0.2) is 30.3 Å². The molecule has 0 spiro atoms. The normalized spacial score (nSPS) is 28.2. The highest BCUT2D eigenvalue weighted by atomic mass is 16.5. The van der Waals surface area contributed by atoms with Gasteiger partial charge in [-0.15, -0.1) is 0 Å². The third-order valence-electron chi connectivity index (χ3n) is 8.10. The molecule has 1 aromatic carbocycles. The zero-order valence-corrected chi connectivity index (χ0v) is 21.9. The summed E-state index contributed by atoms with van der Waals surface area (Å²) >= 11 is 0. The molecule has 1 saturated carbocycles. The Kier molecular flexibility index (Phi) is 7.85. The molecular weight excluding hydrogens is 488 g/mol. The van der Waals surface area contributed by atoms with E-state index in [-0.39, 0.29) is 60.1 Å². The Bertz CT molecular complexity index is 1040. The molecule has 0 bridgehead atoms. The van der Waals surface area contributed by atoms with Crippen molar-refractivity contribution in [2.24, 2.45) is 5.41 Å². The van der Waals surface area contributed by atoms with E-state index in [1.54, 1.807) is 9.80 Å². The van der Waals surface area contributed by atoms with Gasteiger partial charge in [-0.25, -0.2) is 0 Å². The van der Waals surface area contributed by atoms with Gasteiger partial charge in [0.2, 0.25) is 23.6 Å². The fraction of sp³-hybridized carbons (Fsp3) is 0.630. The summed E-state index contributed by atoms with van der Waals surface area (Å²) in [6, 6.07) is 8.57. The zero-order chi connectivity index (χ0) is 26.7. The summed E-state index contributed by atoms with van der Waals surface area (Å²) in [6.07, 6.45) is 2.29. The molecule has 4 N–H and O–H groups in total. The van der Waals surface area contributed by atoms with Gasteiger partial charge in [-0.1, -0.05) is 25.1 Å². The molecule has 38 heavy (non-hydrogen) atoms. The Morgan fingerprint density at radius 1 is 1.11 bits per heavy atom. The minimum atomic E-state index is -0.545. The third kappa shape index (κ3) is 5.94. The number of carbonyl (C=O) groups is 4. The lowest BCUT2D eigenvalue weighted by molar-refractivity contribution is -0.143. The van der Waals surface area contributed by atoms with Crippen LogP contribution in [-0.2, 0) is 19.2 Å². The van der Waals surface area contributed by atoms with Crippen LogP contribution in [0, 0.1) is 5.41 Å². The highest BCUT2D eigenvalue weighted by Gasteiger charge is 2.64. The quantitative estimate of drug-likeness (QED) is 0.295. The van der Waals surface area contributed by atoms with Crippen LogP contribution >= 0.6 is 0 Å². The SMILES string of the molecule is C[C@@]12C[C@@H]1N(C(=O)CNC(=O)CCCOc1ccccc1)[C@H](C(=O)NC1CN(C(=O)[C@H]3CNCCN3)C1)C2. The number of nitrogens with zero attached hydrogens (tertiary/aromatic N) is 2. The van der Waals surface area contributed by atoms with Crippen LogP contribution in [0.25, 0.3) is 0 Å². The summed E-state index contributed by atoms with van der Waals surface area (Å²) in [5.41, 5.74) is -0.0439. The molecule has 11 nitrogen and oxygen atoms in total. The standard InChI is InChI=1S/C27H38N6O5/c1-27-12-21(25(36)31-18-16-32(17-18)26(37)20-14-28-9-10-29-20)33(22(27)13-27)24(35)15-30-23(34)8-5-11-38-19-6-3-2-4-7-19/h2-4,6-7,18,20-22,28-29H,5,8-17H2,1H3,(H,30,34)(H,31,36)/t20-,21+,22+,27-/m1/s1. The first-order valence-electron chi connectivity index (χ1n) is 13.6. The number of benzene rings is 1. The number of fused-ring (bicyclic) bond motifs is 1. The van der Waals surface area contributed by atoms with Gasteiger partial charge >= 0.3 is 0 Å². The van der Waals surface area contributed by atoms with E-state index < -0.39 is 6.04 Å². The molecule has 1 aromatic rings.